The van der Waals surface area contributed by atoms with Crippen LogP contribution < -0.4 is 9.30 Å². The zero-order valence-corrected chi connectivity index (χ0v) is 19.4. The molecule has 0 bridgehead atoms. The van der Waals surface area contributed by atoms with Crippen LogP contribution in [0, 0.1) is 0 Å². The van der Waals surface area contributed by atoms with Gasteiger partial charge in [-0.25, -0.2) is 9.36 Å². The van der Waals surface area contributed by atoms with Crippen molar-refractivity contribution < 1.29 is 19.2 Å². The quantitative estimate of drug-likeness (QED) is 0.369. The van der Waals surface area contributed by atoms with Gasteiger partial charge in [-0.05, 0) is 85.8 Å². The molecule has 1 aliphatic heterocycles. The summed E-state index contributed by atoms with van der Waals surface area (Å²) >= 11 is 0. The number of carboxylic acid groups (broad SMARTS) is 1. The molecule has 3 aromatic carbocycles. The maximum absolute atomic E-state index is 11.1. The van der Waals surface area contributed by atoms with Gasteiger partial charge < -0.3 is 9.84 Å². The minimum absolute atomic E-state index is 0.301. The second kappa shape index (κ2) is 9.56. The van der Waals surface area contributed by atoms with Gasteiger partial charge in [0.05, 0.1) is 18.7 Å². The fraction of sp³-hybridized carbons (Fsp3) is 0.241. The number of ether oxygens (including phenoxy) is 1. The van der Waals surface area contributed by atoms with Crippen LogP contribution in [0.3, 0.4) is 0 Å². The maximum atomic E-state index is 11.1. The monoisotopic (exact) mass is 453 g/mol. The third-order valence-electron chi connectivity index (χ3n) is 6.49. The van der Waals surface area contributed by atoms with Gasteiger partial charge in [0.25, 0.3) is 5.82 Å². The van der Waals surface area contributed by atoms with Crippen molar-refractivity contribution in [2.75, 3.05) is 6.61 Å². The molecular formula is C29H29N2O3+. The molecule has 5 nitrogen and oxygen atoms in total. The van der Waals surface area contributed by atoms with Crippen molar-refractivity contribution in [3.05, 3.63) is 90.4 Å². The highest BCUT2D eigenvalue weighted by atomic mass is 16.5. The lowest BCUT2D eigenvalue weighted by atomic mass is 10.0. The second-order valence-electron chi connectivity index (χ2n) is 8.65. The van der Waals surface area contributed by atoms with Crippen LogP contribution >= 0.6 is 0 Å². The van der Waals surface area contributed by atoms with Gasteiger partial charge >= 0.3 is 5.97 Å². The van der Waals surface area contributed by atoms with Crippen molar-refractivity contribution in [1.29, 1.82) is 0 Å². The third-order valence-corrected chi connectivity index (χ3v) is 6.49. The summed E-state index contributed by atoms with van der Waals surface area (Å²) in [6.07, 6.45) is 6.95. The smallest absolute Gasteiger partial charge is 0.335 e. The van der Waals surface area contributed by atoms with E-state index in [0.717, 1.165) is 35.5 Å². The number of imidazole rings is 1. The Labute approximate surface area is 199 Å². The first kappa shape index (κ1) is 22.0. The average molecular weight is 454 g/mol. The number of rotatable bonds is 6. The molecule has 2 heterocycles. The molecule has 5 heteroatoms. The topological polar surface area (TPSA) is 55.3 Å². The normalized spacial score (nSPS) is 13.2. The van der Waals surface area contributed by atoms with Crippen LogP contribution in [0.5, 0.6) is 5.75 Å². The maximum Gasteiger partial charge on any atom is 0.335 e. The van der Waals surface area contributed by atoms with Crippen LogP contribution in [0.15, 0.2) is 79.0 Å². The van der Waals surface area contributed by atoms with E-state index in [0.29, 0.717) is 12.2 Å². The van der Waals surface area contributed by atoms with Gasteiger partial charge in [0.15, 0.2) is 5.69 Å². The molecule has 0 aliphatic carbocycles. The Morgan fingerprint density at radius 2 is 1.53 bits per heavy atom. The molecule has 0 spiro atoms. The summed E-state index contributed by atoms with van der Waals surface area (Å²) in [7, 11) is 0. The summed E-state index contributed by atoms with van der Waals surface area (Å²) in [5.41, 5.74) is 5.93. The number of hydrogen-bond donors (Lipinski definition) is 1. The number of nitrogens with zero attached hydrogens (tertiary/aromatic N) is 2. The largest absolute Gasteiger partial charge is 0.494 e. The number of hydrogen-bond acceptors (Lipinski definition) is 2. The standard InChI is InChI=1S/C29H28N2O3/c1-2-34-26-17-15-25(16-18-26)31-20-27(30-19-5-3-4-6-28(30)31)23-11-7-21(8-12-23)22-9-13-24(14-10-22)29(32)33/h7-18,20H,2-6,19H2,1H3/p+1. The Bertz CT molecular complexity index is 1290. The van der Waals surface area contributed by atoms with Crippen molar-refractivity contribution in [1.82, 2.24) is 4.57 Å². The molecule has 0 amide bonds. The van der Waals surface area contributed by atoms with Gasteiger partial charge in [-0.15, -0.1) is 0 Å². The van der Waals surface area contributed by atoms with E-state index >= 15 is 0 Å². The molecule has 0 saturated carbocycles. The summed E-state index contributed by atoms with van der Waals surface area (Å²) < 4.78 is 10.4. The molecule has 0 atom stereocenters. The van der Waals surface area contributed by atoms with E-state index in [4.69, 9.17) is 9.84 Å². The molecule has 34 heavy (non-hydrogen) atoms. The van der Waals surface area contributed by atoms with E-state index in [1.165, 1.54) is 36.3 Å². The highest BCUT2D eigenvalue weighted by Gasteiger charge is 2.27. The first-order chi connectivity index (χ1) is 16.6. The van der Waals surface area contributed by atoms with Crippen molar-refractivity contribution in [3.63, 3.8) is 0 Å². The lowest BCUT2D eigenvalue weighted by molar-refractivity contribution is -0.692. The molecule has 172 valence electrons. The molecule has 0 unspecified atom stereocenters. The fourth-order valence-electron chi connectivity index (χ4n) is 4.73. The summed E-state index contributed by atoms with van der Waals surface area (Å²) in [6, 6.07) is 23.9. The van der Waals surface area contributed by atoms with Crippen molar-refractivity contribution >= 4 is 5.97 Å². The van der Waals surface area contributed by atoms with Crippen LogP contribution in [0.2, 0.25) is 0 Å². The molecule has 1 N–H and O–H groups in total. The van der Waals surface area contributed by atoms with Gasteiger partial charge in [-0.2, -0.15) is 4.57 Å². The molecule has 5 rings (SSSR count). The second-order valence-corrected chi connectivity index (χ2v) is 8.65. The Hall–Kier alpha value is -3.86. The Morgan fingerprint density at radius 1 is 0.882 bits per heavy atom. The summed E-state index contributed by atoms with van der Waals surface area (Å²) in [5, 5.41) is 9.14. The van der Waals surface area contributed by atoms with Crippen LogP contribution in [0.1, 0.15) is 42.4 Å². The Morgan fingerprint density at radius 3 is 2.18 bits per heavy atom. The Balaban J connectivity index is 1.50. The number of fused-ring (bicyclic) bond motifs is 1. The molecule has 0 radical (unpaired) electrons. The van der Waals surface area contributed by atoms with E-state index < -0.39 is 5.97 Å². The van der Waals surface area contributed by atoms with E-state index in [2.05, 4.69) is 51.7 Å². The first-order valence-corrected chi connectivity index (χ1v) is 12.0. The molecule has 1 aliphatic rings. The number of aromatic carboxylic acids is 1. The predicted octanol–water partition coefficient (Wildman–Crippen LogP) is 5.92. The molecule has 1 aromatic heterocycles. The van der Waals surface area contributed by atoms with Gasteiger partial charge in [0, 0.05) is 12.0 Å². The molecule has 0 fully saturated rings. The molecule has 0 saturated heterocycles. The zero-order valence-electron chi connectivity index (χ0n) is 19.4. The summed E-state index contributed by atoms with van der Waals surface area (Å²) in [4.78, 5) is 11.1. The zero-order chi connectivity index (χ0) is 23.5. The van der Waals surface area contributed by atoms with Gasteiger partial charge in [-0.3, -0.25) is 0 Å². The van der Waals surface area contributed by atoms with Gasteiger partial charge in [-0.1, -0.05) is 24.3 Å². The average Bonchev–Trinajstić information content (AvgIpc) is 3.05. The third kappa shape index (κ3) is 4.34. The molecule has 4 aromatic rings. The Kier molecular flexibility index (Phi) is 6.17. The van der Waals surface area contributed by atoms with Crippen LogP contribution in [0.4, 0.5) is 0 Å². The van der Waals surface area contributed by atoms with Gasteiger partial charge in [0.2, 0.25) is 0 Å². The SMILES string of the molecule is CCOc1ccc(-n2cc(-c3ccc(-c4ccc(C(=O)O)cc4)cc3)[n+]3c2CCCCC3)cc1. The molecular weight excluding hydrogens is 424 g/mol. The van der Waals surface area contributed by atoms with Crippen molar-refractivity contribution in [3.8, 4) is 33.8 Å². The highest BCUT2D eigenvalue weighted by molar-refractivity contribution is 5.88. The van der Waals surface area contributed by atoms with E-state index in [1.807, 2.05) is 31.2 Å². The summed E-state index contributed by atoms with van der Waals surface area (Å²) in [6.45, 7) is 3.68. The van der Waals surface area contributed by atoms with Crippen LogP contribution in [-0.2, 0) is 13.0 Å². The lowest BCUT2D eigenvalue weighted by Gasteiger charge is -2.06. The van der Waals surface area contributed by atoms with Crippen LogP contribution in [-0.4, -0.2) is 22.2 Å². The number of aromatic nitrogens is 2. The van der Waals surface area contributed by atoms with Crippen molar-refractivity contribution in [2.45, 2.75) is 39.2 Å². The van der Waals surface area contributed by atoms with Crippen molar-refractivity contribution in [2.24, 2.45) is 0 Å². The fourth-order valence-corrected chi connectivity index (χ4v) is 4.73. The van der Waals surface area contributed by atoms with Crippen LogP contribution in [0.25, 0.3) is 28.1 Å². The van der Waals surface area contributed by atoms with E-state index in [1.54, 1.807) is 12.1 Å². The lowest BCUT2D eigenvalue weighted by Crippen LogP contribution is -2.38. The van der Waals surface area contributed by atoms with E-state index in [-0.39, 0.29) is 0 Å². The summed E-state index contributed by atoms with van der Waals surface area (Å²) in [5.74, 6) is 1.33. The first-order valence-electron chi connectivity index (χ1n) is 12.0. The predicted molar refractivity (Wildman–Crippen MR) is 133 cm³/mol. The van der Waals surface area contributed by atoms with Gasteiger partial charge in [0.1, 0.15) is 17.6 Å². The minimum Gasteiger partial charge on any atom is -0.494 e. The highest BCUT2D eigenvalue weighted by Crippen LogP contribution is 2.27. The number of carbonyl (C=O) groups is 1. The number of benzene rings is 3. The number of carboxylic acids is 1. The minimum atomic E-state index is -0.906. The van der Waals surface area contributed by atoms with E-state index in [9.17, 15) is 4.79 Å².